The van der Waals surface area contributed by atoms with E-state index in [1.165, 1.54) is 0 Å². The first kappa shape index (κ1) is 87.9. The Morgan fingerprint density at radius 2 is 0.686 bits per heavy atom. The maximum absolute atomic E-state index is 9.75. The molecule has 3 atom stereocenters. The van der Waals surface area contributed by atoms with E-state index >= 15 is 0 Å². The van der Waals surface area contributed by atoms with Crippen LogP contribution >= 0.6 is 34.8 Å². The van der Waals surface area contributed by atoms with Gasteiger partial charge in [0.05, 0.1) is 66.6 Å². The van der Waals surface area contributed by atoms with Crippen LogP contribution in [-0.2, 0) is 52.7 Å². The summed E-state index contributed by atoms with van der Waals surface area (Å²) in [6.07, 6.45) is 28.6. The standard InChI is InChI=1S/3C28H36ClN9O.CH4/c3*1-19(13-27-35-37-38-36-27)33-21-7-5-20(6-8-21)14-22-15-23(24(29)16-31-22)25-3-2-4-26(34-25)32-18-28(17-30)9-11-39-12-10-28;/h3*2-4,15-16,19-21,33H,5-14,18H2,1H3,(H,32,34)(H,35,36,37,38);1H4/t2*19-,20?,21?;;/m10../s1. The number of nitrogens with zero attached hydrogens (tertiary/aromatic N) is 18. The van der Waals surface area contributed by atoms with Gasteiger partial charge in [0.15, 0.2) is 17.5 Å². The summed E-state index contributed by atoms with van der Waals surface area (Å²) in [4.78, 5) is 28.4. The predicted octanol–water partition coefficient (Wildman–Crippen LogP) is 13.7. The molecule has 9 aromatic heterocycles. The third-order valence-electron chi connectivity index (χ3n) is 23.9. The van der Waals surface area contributed by atoms with Gasteiger partial charge < -0.3 is 46.1 Å². The Morgan fingerprint density at radius 1 is 0.415 bits per heavy atom. The molecule has 1 unspecified atom stereocenters. The zero-order valence-electron chi connectivity index (χ0n) is 67.1. The Hall–Kier alpha value is -9.39. The van der Waals surface area contributed by atoms with Crippen LogP contribution < -0.4 is 31.9 Å². The lowest BCUT2D eigenvalue weighted by atomic mass is 9.82. The van der Waals surface area contributed by atoms with Crippen LogP contribution in [0.3, 0.4) is 0 Å². The third kappa shape index (κ3) is 25.6. The van der Waals surface area contributed by atoms with E-state index in [0.29, 0.717) is 128 Å². The molecule has 9 aromatic rings. The van der Waals surface area contributed by atoms with Gasteiger partial charge in [0.1, 0.15) is 17.5 Å². The van der Waals surface area contributed by atoms with E-state index in [1.807, 2.05) is 54.6 Å². The van der Waals surface area contributed by atoms with Gasteiger partial charge in [0.25, 0.3) is 0 Å². The molecule has 3 aliphatic heterocycles. The average Bonchev–Trinajstić information content (AvgIpc) is 1.40. The molecule has 626 valence electrons. The highest BCUT2D eigenvalue weighted by Crippen LogP contribution is 2.39. The van der Waals surface area contributed by atoms with E-state index in [0.717, 1.165) is 240 Å². The van der Waals surface area contributed by atoms with Crippen LogP contribution in [0.1, 0.15) is 178 Å². The van der Waals surface area contributed by atoms with Gasteiger partial charge in [-0.25, -0.2) is 15.0 Å². The minimum atomic E-state index is -0.418. The highest BCUT2D eigenvalue weighted by atomic mass is 35.5. The van der Waals surface area contributed by atoms with Gasteiger partial charge in [-0.2, -0.15) is 31.4 Å². The van der Waals surface area contributed by atoms with Gasteiger partial charge >= 0.3 is 0 Å². The zero-order chi connectivity index (χ0) is 81.2. The summed E-state index contributed by atoms with van der Waals surface area (Å²) in [6.45, 7) is 11.9. The number of tetrazole rings is 3. The van der Waals surface area contributed by atoms with Crippen molar-refractivity contribution < 1.29 is 14.2 Å². The Morgan fingerprint density at radius 3 is 0.932 bits per heavy atom. The van der Waals surface area contributed by atoms with Crippen molar-refractivity contribution in [1.29, 1.82) is 15.8 Å². The number of hydrogen-bond donors (Lipinski definition) is 9. The molecular formula is C85H112Cl3N27O3. The maximum Gasteiger partial charge on any atom is 0.176 e. The smallest absolute Gasteiger partial charge is 0.176 e. The van der Waals surface area contributed by atoms with Gasteiger partial charge in [-0.3, -0.25) is 15.0 Å². The summed E-state index contributed by atoms with van der Waals surface area (Å²) in [5.41, 5.74) is 6.94. The number of ether oxygens (including phenoxy) is 3. The fraction of sp³-hybridized carbons (Fsp3) is 0.576. The van der Waals surface area contributed by atoms with E-state index < -0.39 is 16.2 Å². The lowest BCUT2D eigenvalue weighted by molar-refractivity contribution is 0.0454. The molecular weight excluding hydrogens is 1550 g/mol. The number of rotatable bonds is 30. The first-order valence-corrected chi connectivity index (χ1v) is 42.7. The van der Waals surface area contributed by atoms with Gasteiger partial charge in [0, 0.05) is 167 Å². The molecule has 3 saturated carbocycles. The van der Waals surface area contributed by atoms with Crippen LogP contribution in [0.15, 0.2) is 91.4 Å². The normalized spacial score (nSPS) is 21.5. The van der Waals surface area contributed by atoms with Crippen LogP contribution in [0.4, 0.5) is 17.5 Å². The van der Waals surface area contributed by atoms with E-state index in [-0.39, 0.29) is 7.43 Å². The molecule has 0 aromatic carbocycles. The first-order valence-electron chi connectivity index (χ1n) is 41.5. The Kier molecular flexibility index (Phi) is 32.4. The minimum absolute atomic E-state index is 0. The molecule has 30 nitrogen and oxygen atoms in total. The molecule has 0 bridgehead atoms. The second-order valence-corrected chi connectivity index (χ2v) is 34.1. The fourth-order valence-electron chi connectivity index (χ4n) is 17.0. The van der Waals surface area contributed by atoms with Gasteiger partial charge in [0.2, 0.25) is 0 Å². The summed E-state index contributed by atoms with van der Waals surface area (Å²) < 4.78 is 16.3. The molecule has 118 heavy (non-hydrogen) atoms. The molecule has 6 aliphatic rings. The third-order valence-corrected chi connectivity index (χ3v) is 24.8. The Labute approximate surface area is 706 Å². The largest absolute Gasteiger partial charge is 0.381 e. The topological polar surface area (TPSA) is 412 Å². The molecule has 33 heteroatoms. The number of anilines is 3. The van der Waals surface area contributed by atoms with Crippen LogP contribution in [0.2, 0.25) is 15.1 Å². The summed E-state index contributed by atoms with van der Waals surface area (Å²) in [6, 6.07) is 33.8. The number of H-pyrrole nitrogens is 3. The fourth-order valence-corrected chi connectivity index (χ4v) is 17.6. The van der Waals surface area contributed by atoms with E-state index in [2.05, 4.69) is 166 Å². The summed E-state index contributed by atoms with van der Waals surface area (Å²) in [5.74, 6) is 6.24. The van der Waals surface area contributed by atoms with Crippen molar-refractivity contribution in [3.63, 3.8) is 0 Å². The van der Waals surface area contributed by atoms with E-state index in [4.69, 9.17) is 64.0 Å². The maximum atomic E-state index is 9.75. The summed E-state index contributed by atoms with van der Waals surface area (Å²) in [5, 5.41) is 95.1. The number of pyridine rings is 6. The van der Waals surface area contributed by atoms with E-state index in [1.54, 1.807) is 18.6 Å². The van der Waals surface area contributed by atoms with Crippen LogP contribution in [0, 0.1) is 68.0 Å². The number of nitrogens with one attached hydrogen (secondary N) is 9. The summed E-state index contributed by atoms with van der Waals surface area (Å²) in [7, 11) is 0. The molecule has 15 rings (SSSR count). The van der Waals surface area contributed by atoms with E-state index in [9.17, 15) is 15.8 Å². The van der Waals surface area contributed by atoms with Crippen molar-refractivity contribution >= 4 is 52.3 Å². The molecule has 3 saturated heterocycles. The van der Waals surface area contributed by atoms with Crippen LogP contribution in [0.5, 0.6) is 0 Å². The predicted molar refractivity (Wildman–Crippen MR) is 454 cm³/mol. The zero-order valence-corrected chi connectivity index (χ0v) is 69.4. The molecule has 0 amide bonds. The average molecular weight is 1670 g/mol. The molecule has 0 spiro atoms. The van der Waals surface area contributed by atoms with Gasteiger partial charge in [-0.05, 0) is 228 Å². The molecule has 12 heterocycles. The monoisotopic (exact) mass is 1660 g/mol. The van der Waals surface area contributed by atoms with Crippen molar-refractivity contribution in [2.45, 2.75) is 219 Å². The first-order chi connectivity index (χ1) is 57.0. The lowest BCUT2D eigenvalue weighted by Gasteiger charge is -2.31. The van der Waals surface area contributed by atoms with Crippen molar-refractivity contribution in [2.75, 3.05) is 75.2 Å². The second-order valence-electron chi connectivity index (χ2n) is 32.8. The van der Waals surface area contributed by atoms with Crippen LogP contribution in [-0.4, -0.2) is 187 Å². The lowest BCUT2D eigenvalue weighted by Crippen LogP contribution is -2.40. The van der Waals surface area contributed by atoms with Crippen molar-refractivity contribution in [1.82, 2.24) is 108 Å². The number of aromatic nitrogens is 18. The number of nitriles is 3. The quantitative estimate of drug-likeness (QED) is 0.0202. The van der Waals surface area contributed by atoms with Crippen LogP contribution in [0.25, 0.3) is 33.8 Å². The van der Waals surface area contributed by atoms with Gasteiger partial charge in [-0.15, -0.1) is 30.6 Å². The van der Waals surface area contributed by atoms with Crippen molar-refractivity contribution in [3.05, 3.63) is 141 Å². The molecule has 6 fully saturated rings. The van der Waals surface area contributed by atoms with Crippen molar-refractivity contribution in [3.8, 4) is 52.0 Å². The number of aromatic amines is 3. The highest BCUT2D eigenvalue weighted by Gasteiger charge is 2.36. The minimum Gasteiger partial charge on any atom is -0.381 e. The highest BCUT2D eigenvalue weighted by molar-refractivity contribution is 6.33. The molecule has 3 aliphatic carbocycles. The number of hydrogen-bond acceptors (Lipinski definition) is 27. The van der Waals surface area contributed by atoms with Gasteiger partial charge in [-0.1, -0.05) is 76.1 Å². The molecule has 0 radical (unpaired) electrons. The molecule has 9 N–H and O–H groups in total. The van der Waals surface area contributed by atoms with Crippen molar-refractivity contribution in [2.24, 2.45) is 34.0 Å². The second kappa shape index (κ2) is 43.5. The number of halogens is 3. The Balaban J connectivity index is 0.000000162. The SMILES string of the molecule is C.CC(Cc1nn[nH]n1)NC1CCC(Cc2cc(-c3cccc(NCC4(C#N)CCOCC4)n3)c(Cl)cn2)CC1.C[C@@H](Cc1nn[nH]n1)NC1CCC(Cc2cc(-c3cccc(NCC4(C#N)CCOCC4)n3)c(Cl)cn2)CC1.C[C@H](Cc1nn[nH]n1)NC1CCC(Cc2cc(-c3cccc(NCC4(C#N)CCOCC4)n3)c(Cl)cn2)CC1. The summed E-state index contributed by atoms with van der Waals surface area (Å²) >= 11 is 19.8. The Bertz CT molecular complexity index is 4210.